The third-order valence-corrected chi connectivity index (χ3v) is 4.03. The number of carbonyl (C=O) groups is 1. The van der Waals surface area contributed by atoms with E-state index in [-0.39, 0.29) is 5.54 Å². The van der Waals surface area contributed by atoms with Crippen molar-refractivity contribution in [2.75, 3.05) is 0 Å². The Hall–Kier alpha value is -1.35. The Morgan fingerprint density at radius 2 is 1.62 bits per heavy atom. The molecule has 3 unspecified atom stereocenters. The van der Waals surface area contributed by atoms with Gasteiger partial charge in [0, 0.05) is 11.6 Å². The Balaban J connectivity index is 2.22. The minimum atomic E-state index is -0.865. The number of rotatable bonds is 3. The molecule has 1 saturated heterocycles. The summed E-state index contributed by atoms with van der Waals surface area (Å²) in [7, 11) is 0. The molecule has 0 aromatic heterocycles. The van der Waals surface area contributed by atoms with Gasteiger partial charge in [-0.05, 0) is 50.3 Å². The van der Waals surface area contributed by atoms with Gasteiger partial charge in [-0.3, -0.25) is 4.90 Å². The topological polar surface area (TPSA) is 40.3 Å². The molecule has 0 aliphatic carbocycles. The van der Waals surface area contributed by atoms with Crippen molar-refractivity contribution in [3.63, 3.8) is 0 Å². The first-order chi connectivity index (χ1) is 9.50. The number of carboxylic acid groups (broad SMARTS) is 1. The van der Waals surface area contributed by atoms with Gasteiger partial charge in [0.05, 0.1) is 11.6 Å². The third kappa shape index (κ3) is 3.65. The van der Waals surface area contributed by atoms with Crippen LogP contribution in [0.3, 0.4) is 0 Å². The van der Waals surface area contributed by atoms with Crippen LogP contribution in [-0.2, 0) is 0 Å². The van der Waals surface area contributed by atoms with E-state index in [1.165, 1.54) is 5.56 Å². The van der Waals surface area contributed by atoms with Gasteiger partial charge in [0.25, 0.3) is 0 Å². The maximum absolute atomic E-state index is 11.0. The van der Waals surface area contributed by atoms with Crippen LogP contribution >= 0.6 is 0 Å². The Bertz CT molecular complexity index is 520. The van der Waals surface area contributed by atoms with Gasteiger partial charge >= 0.3 is 5.97 Å². The molecule has 1 aromatic rings. The first-order valence-electron chi connectivity index (χ1n) is 7.62. The van der Waals surface area contributed by atoms with Crippen LogP contribution < -0.4 is 0 Å². The van der Waals surface area contributed by atoms with E-state index in [2.05, 4.69) is 46.4 Å². The van der Waals surface area contributed by atoms with Crippen molar-refractivity contribution in [3.8, 4) is 0 Å². The predicted octanol–water partition coefficient (Wildman–Crippen LogP) is 4.34. The number of aromatic carboxylic acids is 1. The van der Waals surface area contributed by atoms with Crippen molar-refractivity contribution in [1.29, 1.82) is 0 Å². The summed E-state index contributed by atoms with van der Waals surface area (Å²) in [6.45, 7) is 13.6. The van der Waals surface area contributed by atoms with Crippen molar-refractivity contribution >= 4 is 5.97 Å². The largest absolute Gasteiger partial charge is 0.478 e. The SMILES string of the molecule is CC(C)(C)CC1C(c2ccc(C(=O)O)cc2)N1C(C)(C)C. The second kappa shape index (κ2) is 5.13. The van der Waals surface area contributed by atoms with Crippen LogP contribution in [0.25, 0.3) is 0 Å². The Kier molecular flexibility index (Phi) is 3.92. The zero-order chi connectivity index (χ0) is 16.0. The van der Waals surface area contributed by atoms with Gasteiger partial charge in [0.1, 0.15) is 0 Å². The van der Waals surface area contributed by atoms with Crippen LogP contribution in [0.5, 0.6) is 0 Å². The van der Waals surface area contributed by atoms with Crippen molar-refractivity contribution in [2.24, 2.45) is 5.41 Å². The fourth-order valence-corrected chi connectivity index (χ4v) is 3.24. The molecule has 3 nitrogen and oxygen atoms in total. The maximum Gasteiger partial charge on any atom is 0.335 e. The molecule has 0 saturated carbocycles. The van der Waals surface area contributed by atoms with Gasteiger partial charge in [-0.1, -0.05) is 32.9 Å². The van der Waals surface area contributed by atoms with Gasteiger partial charge in [0.15, 0.2) is 0 Å². The fraction of sp³-hybridized carbons (Fsp3) is 0.611. The maximum atomic E-state index is 11.0. The number of nitrogens with zero attached hydrogens (tertiary/aromatic N) is 1. The molecule has 1 heterocycles. The number of hydrogen-bond acceptors (Lipinski definition) is 2. The summed E-state index contributed by atoms with van der Waals surface area (Å²) >= 11 is 0. The van der Waals surface area contributed by atoms with E-state index in [0.717, 1.165) is 6.42 Å². The Morgan fingerprint density at radius 1 is 1.10 bits per heavy atom. The molecule has 0 radical (unpaired) electrons. The molecular weight excluding hydrogens is 262 g/mol. The average molecular weight is 289 g/mol. The standard InChI is InChI=1S/C18H27NO2/c1-17(2,3)11-14-15(19(14)18(4,5)6)12-7-9-13(10-8-12)16(20)21/h7-10,14-15H,11H2,1-6H3,(H,20,21). The molecule has 3 atom stereocenters. The van der Waals surface area contributed by atoms with Crippen molar-refractivity contribution in [1.82, 2.24) is 4.90 Å². The van der Waals surface area contributed by atoms with E-state index in [1.54, 1.807) is 12.1 Å². The first-order valence-corrected chi connectivity index (χ1v) is 7.62. The number of carboxylic acids is 1. The second-order valence-electron chi connectivity index (χ2n) is 8.28. The van der Waals surface area contributed by atoms with Gasteiger partial charge in [-0.15, -0.1) is 0 Å². The summed E-state index contributed by atoms with van der Waals surface area (Å²) in [4.78, 5) is 13.5. The van der Waals surface area contributed by atoms with Crippen LogP contribution in [0.15, 0.2) is 24.3 Å². The third-order valence-electron chi connectivity index (χ3n) is 4.03. The van der Waals surface area contributed by atoms with Crippen LogP contribution in [0.2, 0.25) is 0 Å². The lowest BCUT2D eigenvalue weighted by Gasteiger charge is -2.24. The van der Waals surface area contributed by atoms with Crippen molar-refractivity contribution < 1.29 is 9.90 Å². The molecule has 1 N–H and O–H groups in total. The Morgan fingerprint density at radius 3 is 2.00 bits per heavy atom. The van der Waals surface area contributed by atoms with E-state index in [1.807, 2.05) is 12.1 Å². The zero-order valence-electron chi connectivity index (χ0n) is 14.0. The molecule has 1 fully saturated rings. The minimum absolute atomic E-state index is 0.131. The van der Waals surface area contributed by atoms with E-state index < -0.39 is 5.97 Å². The van der Waals surface area contributed by atoms with Crippen LogP contribution in [0.4, 0.5) is 0 Å². The summed E-state index contributed by atoms with van der Waals surface area (Å²) in [5, 5.41) is 9.01. The van der Waals surface area contributed by atoms with Crippen molar-refractivity contribution in [2.45, 2.75) is 65.6 Å². The summed E-state index contributed by atoms with van der Waals surface area (Å²) in [6.07, 6.45) is 1.15. The molecule has 116 valence electrons. The summed E-state index contributed by atoms with van der Waals surface area (Å²) in [5.74, 6) is -0.865. The zero-order valence-corrected chi connectivity index (χ0v) is 14.0. The molecule has 21 heavy (non-hydrogen) atoms. The molecule has 0 bridgehead atoms. The highest BCUT2D eigenvalue weighted by molar-refractivity contribution is 5.87. The van der Waals surface area contributed by atoms with E-state index in [4.69, 9.17) is 5.11 Å². The predicted molar refractivity (Wildman–Crippen MR) is 85.6 cm³/mol. The highest BCUT2D eigenvalue weighted by atomic mass is 16.4. The molecule has 1 aliphatic rings. The first kappa shape index (κ1) is 16.0. The molecule has 0 spiro atoms. The molecule has 1 aromatic carbocycles. The lowest BCUT2D eigenvalue weighted by Crippen LogP contribution is -2.28. The van der Waals surface area contributed by atoms with Gasteiger partial charge in [-0.2, -0.15) is 0 Å². The Labute approximate surface area is 128 Å². The van der Waals surface area contributed by atoms with E-state index in [0.29, 0.717) is 23.1 Å². The normalized spacial score (nSPS) is 25.7. The van der Waals surface area contributed by atoms with Gasteiger partial charge in [0.2, 0.25) is 0 Å². The summed E-state index contributed by atoms with van der Waals surface area (Å²) in [5.41, 5.74) is 2.01. The van der Waals surface area contributed by atoms with Crippen LogP contribution in [0, 0.1) is 5.41 Å². The van der Waals surface area contributed by atoms with Gasteiger partial charge in [-0.25, -0.2) is 4.79 Å². The monoisotopic (exact) mass is 289 g/mol. The molecule has 0 amide bonds. The highest BCUT2D eigenvalue weighted by Gasteiger charge is 2.54. The van der Waals surface area contributed by atoms with Gasteiger partial charge < -0.3 is 5.11 Å². The summed E-state index contributed by atoms with van der Waals surface area (Å²) in [6, 6.07) is 8.31. The van der Waals surface area contributed by atoms with Crippen LogP contribution in [0.1, 0.15) is 69.9 Å². The molecular formula is C18H27NO2. The smallest absolute Gasteiger partial charge is 0.335 e. The second-order valence-corrected chi connectivity index (χ2v) is 8.28. The molecule has 1 aliphatic heterocycles. The molecule has 2 rings (SSSR count). The quantitative estimate of drug-likeness (QED) is 0.841. The highest BCUT2D eigenvalue weighted by Crippen LogP contribution is 2.52. The van der Waals surface area contributed by atoms with E-state index >= 15 is 0 Å². The average Bonchev–Trinajstić information content (AvgIpc) is 3.00. The molecule has 3 heteroatoms. The van der Waals surface area contributed by atoms with Crippen molar-refractivity contribution in [3.05, 3.63) is 35.4 Å². The van der Waals surface area contributed by atoms with Crippen LogP contribution in [-0.4, -0.2) is 27.6 Å². The lowest BCUT2D eigenvalue weighted by atomic mass is 9.88. The lowest BCUT2D eigenvalue weighted by molar-refractivity contribution is 0.0697. The van der Waals surface area contributed by atoms with E-state index in [9.17, 15) is 4.79 Å². The minimum Gasteiger partial charge on any atom is -0.478 e. The summed E-state index contributed by atoms with van der Waals surface area (Å²) < 4.78 is 0. The number of hydrogen-bond donors (Lipinski definition) is 1. The fourth-order valence-electron chi connectivity index (χ4n) is 3.24. The number of benzene rings is 1.